The smallest absolute Gasteiger partial charge is 0.406 e. The van der Waals surface area contributed by atoms with Crippen LogP contribution in [0.4, 0.5) is 5.69 Å². The molecule has 0 fully saturated rings. The first-order valence-electron chi connectivity index (χ1n) is 3.81. The van der Waals surface area contributed by atoms with Crippen molar-refractivity contribution >= 4 is 28.7 Å². The standard InChI is InChI=1S/C8H11BBrNO/c1-6-4-3-5-7(8(6)10)11-9(2)12/h3-5,11-12H,1-2H3. The third kappa shape index (κ3) is 2.25. The Morgan fingerprint density at radius 3 is 2.75 bits per heavy atom. The van der Waals surface area contributed by atoms with Gasteiger partial charge in [0, 0.05) is 10.2 Å². The van der Waals surface area contributed by atoms with E-state index in [1.54, 1.807) is 6.82 Å². The second-order valence-electron chi connectivity index (χ2n) is 2.76. The summed E-state index contributed by atoms with van der Waals surface area (Å²) in [6.07, 6.45) is 0. The quantitative estimate of drug-likeness (QED) is 0.761. The number of anilines is 1. The molecule has 0 aliphatic rings. The highest BCUT2D eigenvalue weighted by atomic mass is 79.9. The van der Waals surface area contributed by atoms with Crippen molar-refractivity contribution in [3.05, 3.63) is 28.2 Å². The number of aryl methyl sites for hydroxylation is 1. The van der Waals surface area contributed by atoms with Gasteiger partial charge in [0.1, 0.15) is 0 Å². The fourth-order valence-electron chi connectivity index (χ4n) is 0.984. The van der Waals surface area contributed by atoms with Crippen LogP contribution in [0.15, 0.2) is 22.7 Å². The van der Waals surface area contributed by atoms with Gasteiger partial charge in [0.25, 0.3) is 0 Å². The Bertz CT molecular complexity index is 278. The number of benzene rings is 1. The van der Waals surface area contributed by atoms with Gasteiger partial charge in [0.2, 0.25) is 0 Å². The van der Waals surface area contributed by atoms with Crippen LogP contribution in [-0.4, -0.2) is 12.1 Å². The van der Waals surface area contributed by atoms with Gasteiger partial charge in [-0.15, -0.1) is 0 Å². The van der Waals surface area contributed by atoms with E-state index in [4.69, 9.17) is 5.02 Å². The largest absolute Gasteiger partial charge is 0.433 e. The van der Waals surface area contributed by atoms with Crippen LogP contribution in [0.5, 0.6) is 0 Å². The molecule has 2 N–H and O–H groups in total. The number of rotatable bonds is 2. The summed E-state index contributed by atoms with van der Waals surface area (Å²) in [5.74, 6) is 0. The molecule has 64 valence electrons. The third-order valence-corrected chi connectivity index (χ3v) is 2.61. The van der Waals surface area contributed by atoms with E-state index in [0.717, 1.165) is 15.7 Å². The van der Waals surface area contributed by atoms with Crippen molar-refractivity contribution in [1.29, 1.82) is 0 Å². The molecular formula is C8H11BBrNO. The molecule has 12 heavy (non-hydrogen) atoms. The van der Waals surface area contributed by atoms with Crippen LogP contribution >= 0.6 is 15.9 Å². The molecule has 0 heterocycles. The average Bonchev–Trinajstić information content (AvgIpc) is 1.98. The van der Waals surface area contributed by atoms with E-state index >= 15 is 0 Å². The van der Waals surface area contributed by atoms with Crippen LogP contribution in [0.3, 0.4) is 0 Å². The van der Waals surface area contributed by atoms with Crippen LogP contribution in [0.2, 0.25) is 6.82 Å². The number of hydrogen-bond acceptors (Lipinski definition) is 2. The molecule has 0 bridgehead atoms. The lowest BCUT2D eigenvalue weighted by Crippen LogP contribution is -2.19. The predicted molar refractivity (Wildman–Crippen MR) is 56.3 cm³/mol. The highest BCUT2D eigenvalue weighted by Gasteiger charge is 2.06. The van der Waals surface area contributed by atoms with Gasteiger partial charge in [-0.05, 0) is 41.3 Å². The Kier molecular flexibility index (Phi) is 3.17. The minimum absolute atomic E-state index is 0.525. The summed E-state index contributed by atoms with van der Waals surface area (Å²) in [7, 11) is -0.525. The summed E-state index contributed by atoms with van der Waals surface area (Å²) in [6.45, 7) is 3.70. The molecule has 0 amide bonds. The fraction of sp³-hybridized carbons (Fsp3) is 0.250. The van der Waals surface area contributed by atoms with Crippen molar-refractivity contribution < 1.29 is 5.02 Å². The number of halogens is 1. The predicted octanol–water partition coefficient (Wildman–Crippen LogP) is 2.28. The van der Waals surface area contributed by atoms with Gasteiger partial charge in [-0.3, -0.25) is 0 Å². The maximum atomic E-state index is 9.09. The maximum absolute atomic E-state index is 9.09. The van der Waals surface area contributed by atoms with Gasteiger partial charge >= 0.3 is 7.05 Å². The number of nitrogens with one attached hydrogen (secondary N) is 1. The summed E-state index contributed by atoms with van der Waals surface area (Å²) >= 11 is 3.44. The van der Waals surface area contributed by atoms with E-state index in [2.05, 4.69) is 21.2 Å². The second-order valence-corrected chi connectivity index (χ2v) is 3.55. The molecule has 0 radical (unpaired) electrons. The van der Waals surface area contributed by atoms with Gasteiger partial charge in [0.15, 0.2) is 0 Å². The topological polar surface area (TPSA) is 32.3 Å². The van der Waals surface area contributed by atoms with Gasteiger partial charge in [-0.2, -0.15) is 0 Å². The lowest BCUT2D eigenvalue weighted by Gasteiger charge is -2.09. The van der Waals surface area contributed by atoms with Crippen LogP contribution in [0.25, 0.3) is 0 Å². The SMILES string of the molecule is CB(O)Nc1cccc(C)c1Br. The zero-order chi connectivity index (χ0) is 9.14. The van der Waals surface area contributed by atoms with E-state index in [-0.39, 0.29) is 0 Å². The Morgan fingerprint density at radius 1 is 1.50 bits per heavy atom. The van der Waals surface area contributed by atoms with Crippen LogP contribution < -0.4 is 5.23 Å². The summed E-state index contributed by atoms with van der Waals surface area (Å²) in [5.41, 5.74) is 2.07. The molecule has 0 saturated carbocycles. The van der Waals surface area contributed by atoms with E-state index in [1.165, 1.54) is 0 Å². The van der Waals surface area contributed by atoms with Crippen LogP contribution in [0.1, 0.15) is 5.56 Å². The second kappa shape index (κ2) is 3.96. The monoisotopic (exact) mass is 227 g/mol. The first-order valence-corrected chi connectivity index (χ1v) is 4.60. The highest BCUT2D eigenvalue weighted by molar-refractivity contribution is 9.10. The molecule has 1 aromatic carbocycles. The lowest BCUT2D eigenvalue weighted by atomic mass is 9.88. The van der Waals surface area contributed by atoms with Crippen molar-refractivity contribution in [2.75, 3.05) is 5.23 Å². The normalized spacial score (nSPS) is 9.67. The van der Waals surface area contributed by atoms with E-state index in [1.807, 2.05) is 25.1 Å². The molecule has 4 heteroatoms. The van der Waals surface area contributed by atoms with Crippen molar-refractivity contribution in [1.82, 2.24) is 0 Å². The summed E-state index contributed by atoms with van der Waals surface area (Å²) in [6, 6.07) is 5.88. The molecule has 0 aliphatic heterocycles. The Labute approximate surface area is 81.3 Å². The van der Waals surface area contributed by atoms with Gasteiger partial charge in [-0.1, -0.05) is 12.1 Å². The van der Waals surface area contributed by atoms with E-state index in [9.17, 15) is 0 Å². The maximum Gasteiger partial charge on any atom is 0.406 e. The van der Waals surface area contributed by atoms with Crippen molar-refractivity contribution in [2.45, 2.75) is 13.7 Å². The fourth-order valence-corrected chi connectivity index (χ4v) is 1.36. The summed E-state index contributed by atoms with van der Waals surface area (Å²) < 4.78 is 1.01. The first kappa shape index (κ1) is 9.61. The summed E-state index contributed by atoms with van der Waals surface area (Å²) in [5, 5.41) is 12.0. The zero-order valence-corrected chi connectivity index (χ0v) is 8.72. The zero-order valence-electron chi connectivity index (χ0n) is 7.13. The molecule has 0 aliphatic carbocycles. The van der Waals surface area contributed by atoms with Crippen molar-refractivity contribution in [3.63, 3.8) is 0 Å². The molecular weight excluding hydrogens is 217 g/mol. The van der Waals surface area contributed by atoms with Crippen LogP contribution in [-0.2, 0) is 0 Å². The molecule has 1 aromatic rings. The molecule has 0 saturated heterocycles. The molecule has 0 atom stereocenters. The van der Waals surface area contributed by atoms with Gasteiger partial charge < -0.3 is 10.3 Å². The van der Waals surface area contributed by atoms with E-state index < -0.39 is 7.05 Å². The lowest BCUT2D eigenvalue weighted by molar-refractivity contribution is 0.587. The van der Waals surface area contributed by atoms with Gasteiger partial charge in [0.05, 0.1) is 0 Å². The minimum atomic E-state index is -0.525. The van der Waals surface area contributed by atoms with Crippen molar-refractivity contribution in [3.8, 4) is 0 Å². The third-order valence-electron chi connectivity index (χ3n) is 1.56. The Balaban J connectivity index is 2.92. The van der Waals surface area contributed by atoms with Crippen LogP contribution in [0, 0.1) is 6.92 Å². The molecule has 1 rings (SSSR count). The number of hydrogen-bond donors (Lipinski definition) is 2. The van der Waals surface area contributed by atoms with E-state index in [0.29, 0.717) is 0 Å². The van der Waals surface area contributed by atoms with Crippen molar-refractivity contribution in [2.24, 2.45) is 0 Å². The van der Waals surface area contributed by atoms with Gasteiger partial charge in [-0.25, -0.2) is 0 Å². The summed E-state index contributed by atoms with van der Waals surface area (Å²) in [4.78, 5) is 0. The molecule has 2 nitrogen and oxygen atoms in total. The minimum Gasteiger partial charge on any atom is -0.433 e. The highest BCUT2D eigenvalue weighted by Crippen LogP contribution is 2.25. The average molecular weight is 228 g/mol. The molecule has 0 unspecified atom stereocenters. The Morgan fingerprint density at radius 2 is 2.17 bits per heavy atom. The molecule has 0 aromatic heterocycles. The first-order chi connectivity index (χ1) is 5.61. The Hall–Kier alpha value is -0.475. The molecule has 0 spiro atoms.